The van der Waals surface area contributed by atoms with Crippen LogP contribution in [0.15, 0.2) is 60.2 Å². The Bertz CT molecular complexity index is 1140. The molecule has 0 bridgehead atoms. The highest BCUT2D eigenvalue weighted by Crippen LogP contribution is 2.37. The van der Waals surface area contributed by atoms with Gasteiger partial charge in [0.05, 0.1) is 12.6 Å². The first-order valence-electron chi connectivity index (χ1n) is 12.0. The zero-order valence-corrected chi connectivity index (χ0v) is 20.6. The Balaban J connectivity index is 1.67. The summed E-state index contributed by atoms with van der Waals surface area (Å²) in [5.41, 5.74) is 9.27. The molecule has 1 aliphatic heterocycles. The number of rotatable bonds is 9. The molecule has 2 aromatic carbocycles. The van der Waals surface area contributed by atoms with Crippen molar-refractivity contribution >= 4 is 23.4 Å². The molecule has 2 atom stereocenters. The van der Waals surface area contributed by atoms with E-state index in [0.29, 0.717) is 11.1 Å². The lowest BCUT2D eigenvalue weighted by Gasteiger charge is -2.30. The average Bonchev–Trinajstić information content (AvgIpc) is 3.27. The second kappa shape index (κ2) is 11.6. The number of allylic oxidation sites excluding steroid dienone is 1. The van der Waals surface area contributed by atoms with Gasteiger partial charge >= 0.3 is 0 Å². The first kappa shape index (κ1) is 25.9. The molecule has 7 heteroatoms. The monoisotopic (exact) mass is 474 g/mol. The smallest absolute Gasteiger partial charge is 0.251 e. The van der Waals surface area contributed by atoms with Crippen LogP contribution in [0.3, 0.4) is 0 Å². The van der Waals surface area contributed by atoms with Gasteiger partial charge in [0.1, 0.15) is 0 Å². The van der Waals surface area contributed by atoms with Crippen LogP contribution in [0.2, 0.25) is 0 Å². The zero-order chi connectivity index (χ0) is 25.5. The predicted octanol–water partition coefficient (Wildman–Crippen LogP) is 3.86. The van der Waals surface area contributed by atoms with E-state index in [1.165, 1.54) is 6.08 Å². The molecule has 0 saturated carbocycles. The van der Waals surface area contributed by atoms with Crippen LogP contribution in [0.5, 0.6) is 0 Å². The summed E-state index contributed by atoms with van der Waals surface area (Å²) >= 11 is 0. The number of carbonyl (C=O) groups is 3. The van der Waals surface area contributed by atoms with Crippen molar-refractivity contribution in [1.82, 2.24) is 10.2 Å². The fourth-order valence-electron chi connectivity index (χ4n) is 4.72. The molecule has 1 heterocycles. The lowest BCUT2D eigenvalue weighted by molar-refractivity contribution is -0.133. The second-order valence-corrected chi connectivity index (χ2v) is 9.08. The van der Waals surface area contributed by atoms with Gasteiger partial charge in [-0.2, -0.15) is 0 Å². The number of carbonyl (C=O) groups excluding carboxylic acids is 3. The maximum Gasteiger partial charge on any atom is 0.251 e. The van der Waals surface area contributed by atoms with Crippen LogP contribution in [0.25, 0.3) is 0 Å². The molecule has 3 rings (SSSR count). The van der Waals surface area contributed by atoms with Gasteiger partial charge in [-0.15, -0.1) is 0 Å². The normalized spacial score (nSPS) is 17.8. The van der Waals surface area contributed by atoms with Gasteiger partial charge in [-0.25, -0.2) is 0 Å². The molecule has 3 amide bonds. The van der Waals surface area contributed by atoms with Crippen LogP contribution in [0.1, 0.15) is 66.2 Å². The van der Waals surface area contributed by atoms with Crippen molar-refractivity contribution in [1.29, 1.82) is 5.41 Å². The van der Waals surface area contributed by atoms with Gasteiger partial charge in [-0.1, -0.05) is 43.3 Å². The number of hydrogen-bond acceptors (Lipinski definition) is 4. The van der Waals surface area contributed by atoms with Crippen LogP contribution in [0, 0.1) is 12.3 Å². The number of likely N-dealkylation sites (tertiary alicyclic amines) is 1. The summed E-state index contributed by atoms with van der Waals surface area (Å²) in [5, 5.41) is 10.4. The van der Waals surface area contributed by atoms with Crippen LogP contribution >= 0.6 is 0 Å². The standard InChI is InChI=1S/C28H34N4O3/c1-4-24-12-13-25(20-8-6-5-7-9-20)32(24)26(33)17-31-28(35)22-11-10-21(18(2)14-22)16-23(27(30)34)15-19(3)29/h5-11,14-15,24-25,29H,4,12-13,16-17H2,1-3H3,(H2,30,34)(H,31,35)/b23-15-,29-19?. The summed E-state index contributed by atoms with van der Waals surface area (Å²) in [6.45, 7) is 5.46. The van der Waals surface area contributed by atoms with E-state index in [1.807, 2.05) is 42.2 Å². The number of benzene rings is 2. The SMILES string of the molecule is CCC1CCC(c2ccccc2)N1C(=O)CNC(=O)c1ccc(C/C(=C/C(C)=N)C(N)=O)c(C)c1. The van der Waals surface area contributed by atoms with Gasteiger partial charge in [0.15, 0.2) is 0 Å². The molecule has 2 aromatic rings. The summed E-state index contributed by atoms with van der Waals surface area (Å²) in [5.74, 6) is -0.974. The molecule has 0 spiro atoms. The van der Waals surface area contributed by atoms with Gasteiger partial charge in [0, 0.05) is 29.3 Å². The molecular weight excluding hydrogens is 440 g/mol. The number of hydrogen-bond donors (Lipinski definition) is 3. The van der Waals surface area contributed by atoms with Gasteiger partial charge in [0.25, 0.3) is 5.91 Å². The number of aryl methyl sites for hydroxylation is 1. The minimum atomic E-state index is -0.572. The summed E-state index contributed by atoms with van der Waals surface area (Å²) < 4.78 is 0. The Labute approximate surface area is 206 Å². The lowest BCUT2D eigenvalue weighted by Crippen LogP contribution is -2.43. The Hall–Kier alpha value is -3.74. The molecule has 1 aliphatic rings. The second-order valence-electron chi connectivity index (χ2n) is 9.08. The van der Waals surface area contributed by atoms with Crippen LogP contribution in [-0.4, -0.2) is 40.9 Å². The number of amides is 3. The molecule has 1 saturated heterocycles. The fourth-order valence-corrected chi connectivity index (χ4v) is 4.72. The third-order valence-electron chi connectivity index (χ3n) is 6.54. The van der Waals surface area contributed by atoms with E-state index in [-0.39, 0.29) is 42.6 Å². The van der Waals surface area contributed by atoms with Crippen molar-refractivity contribution in [3.05, 3.63) is 82.4 Å². The maximum absolute atomic E-state index is 13.2. The minimum absolute atomic E-state index is 0.0317. The first-order valence-corrected chi connectivity index (χ1v) is 12.0. The topological polar surface area (TPSA) is 116 Å². The number of nitrogens with zero attached hydrogens (tertiary/aromatic N) is 1. The van der Waals surface area contributed by atoms with Crippen molar-refractivity contribution in [2.75, 3.05) is 6.54 Å². The summed E-state index contributed by atoms with van der Waals surface area (Å²) in [4.78, 5) is 39.6. The molecule has 35 heavy (non-hydrogen) atoms. The average molecular weight is 475 g/mol. The molecule has 1 fully saturated rings. The van der Waals surface area contributed by atoms with Crippen LogP contribution in [0.4, 0.5) is 0 Å². The van der Waals surface area contributed by atoms with Crippen molar-refractivity contribution in [3.8, 4) is 0 Å². The Morgan fingerprint density at radius 1 is 1.14 bits per heavy atom. The molecule has 2 unspecified atom stereocenters. The Kier molecular flexibility index (Phi) is 8.58. The molecule has 4 N–H and O–H groups in total. The Morgan fingerprint density at radius 3 is 2.46 bits per heavy atom. The number of primary amides is 1. The van der Waals surface area contributed by atoms with Crippen molar-refractivity contribution < 1.29 is 14.4 Å². The summed E-state index contributed by atoms with van der Waals surface area (Å²) in [6.07, 6.45) is 4.49. The fraction of sp³-hybridized carbons (Fsp3) is 0.357. The van der Waals surface area contributed by atoms with E-state index < -0.39 is 5.91 Å². The predicted molar refractivity (Wildman–Crippen MR) is 137 cm³/mol. The molecule has 184 valence electrons. The first-order chi connectivity index (χ1) is 16.7. The van der Waals surface area contributed by atoms with Gasteiger partial charge < -0.3 is 21.4 Å². The quantitative estimate of drug-likeness (QED) is 0.378. The Morgan fingerprint density at radius 2 is 1.86 bits per heavy atom. The third-order valence-corrected chi connectivity index (χ3v) is 6.54. The lowest BCUT2D eigenvalue weighted by atomic mass is 9.97. The minimum Gasteiger partial charge on any atom is -0.366 e. The van der Waals surface area contributed by atoms with E-state index in [4.69, 9.17) is 11.1 Å². The highest BCUT2D eigenvalue weighted by molar-refractivity contribution is 6.01. The molecule has 0 aromatic heterocycles. The van der Waals surface area contributed by atoms with Crippen LogP contribution in [-0.2, 0) is 16.0 Å². The van der Waals surface area contributed by atoms with Gasteiger partial charge in [-0.3, -0.25) is 14.4 Å². The van der Waals surface area contributed by atoms with Crippen molar-refractivity contribution in [2.24, 2.45) is 5.73 Å². The third kappa shape index (κ3) is 6.44. The van der Waals surface area contributed by atoms with Gasteiger partial charge in [-0.05, 0) is 68.0 Å². The van der Waals surface area contributed by atoms with Crippen LogP contribution < -0.4 is 11.1 Å². The summed E-state index contributed by atoms with van der Waals surface area (Å²) in [7, 11) is 0. The molecule has 0 aliphatic carbocycles. The maximum atomic E-state index is 13.2. The van der Waals surface area contributed by atoms with Crippen molar-refractivity contribution in [2.45, 2.75) is 58.5 Å². The van der Waals surface area contributed by atoms with E-state index >= 15 is 0 Å². The summed E-state index contributed by atoms with van der Waals surface area (Å²) in [6, 6.07) is 15.4. The number of nitrogens with two attached hydrogens (primary N) is 1. The largest absolute Gasteiger partial charge is 0.366 e. The van der Waals surface area contributed by atoms with E-state index in [2.05, 4.69) is 12.2 Å². The molecule has 0 radical (unpaired) electrons. The number of nitrogens with one attached hydrogen (secondary N) is 2. The zero-order valence-electron chi connectivity index (χ0n) is 20.6. The highest BCUT2D eigenvalue weighted by atomic mass is 16.2. The van der Waals surface area contributed by atoms with Gasteiger partial charge in [0.2, 0.25) is 11.8 Å². The molecular formula is C28H34N4O3. The molecule has 7 nitrogen and oxygen atoms in total. The van der Waals surface area contributed by atoms with E-state index in [1.54, 1.807) is 25.1 Å². The van der Waals surface area contributed by atoms with Crippen molar-refractivity contribution in [3.63, 3.8) is 0 Å². The van der Waals surface area contributed by atoms with E-state index in [9.17, 15) is 14.4 Å². The highest BCUT2D eigenvalue weighted by Gasteiger charge is 2.36. The van der Waals surface area contributed by atoms with E-state index in [0.717, 1.165) is 36.0 Å².